The normalized spacial score (nSPS) is 26.0. The molecule has 0 aliphatic heterocycles. The first-order valence-corrected chi connectivity index (χ1v) is 7.17. The molecular weight excluding hydrogens is 310 g/mol. The van der Waals surface area contributed by atoms with Crippen LogP contribution in [0, 0.1) is 0 Å². The number of hydrogen-bond acceptors (Lipinski definition) is 3. The molecule has 3 atom stereocenters. The second-order valence-corrected chi connectivity index (χ2v) is 5.72. The summed E-state index contributed by atoms with van der Waals surface area (Å²) in [5, 5.41) is 1.03. The Kier molecular flexibility index (Phi) is 5.60. The Morgan fingerprint density at radius 1 is 1.26 bits per heavy atom. The van der Waals surface area contributed by atoms with Gasteiger partial charge in [-0.05, 0) is 18.2 Å². The van der Waals surface area contributed by atoms with Crippen LogP contribution >= 0.6 is 34.8 Å². The van der Waals surface area contributed by atoms with Gasteiger partial charge >= 0.3 is 0 Å². The Morgan fingerprint density at radius 2 is 2.05 bits per heavy atom. The summed E-state index contributed by atoms with van der Waals surface area (Å²) in [6, 6.07) is 5.13. The number of hydrogen-bond donors (Lipinski definition) is 0. The van der Waals surface area contributed by atoms with Crippen LogP contribution in [0.5, 0.6) is 5.75 Å². The average molecular weight is 326 g/mol. The third-order valence-electron chi connectivity index (χ3n) is 2.95. The minimum absolute atomic E-state index is 0.0343. The van der Waals surface area contributed by atoms with Gasteiger partial charge in [0.15, 0.2) is 0 Å². The molecule has 1 aliphatic rings. The number of benzene rings is 1. The maximum Gasteiger partial charge on any atom is 0.138 e. The highest BCUT2D eigenvalue weighted by molar-refractivity contribution is 6.35. The van der Waals surface area contributed by atoms with Crippen molar-refractivity contribution in [2.45, 2.75) is 24.0 Å². The van der Waals surface area contributed by atoms with E-state index in [2.05, 4.69) is 0 Å². The fraction of sp³-hybridized carbons (Fsp3) is 0.538. The predicted molar refractivity (Wildman–Crippen MR) is 76.8 cm³/mol. The minimum atomic E-state index is -0.136. The smallest absolute Gasteiger partial charge is 0.138 e. The van der Waals surface area contributed by atoms with Gasteiger partial charge in [0, 0.05) is 18.6 Å². The van der Waals surface area contributed by atoms with Gasteiger partial charge in [-0.2, -0.15) is 0 Å². The SMILES string of the molecule is COCCOC1C(Cl)CC1Oc1ccc(Cl)cc1Cl. The van der Waals surface area contributed by atoms with Crippen molar-refractivity contribution in [3.05, 3.63) is 28.2 Å². The fourth-order valence-electron chi connectivity index (χ4n) is 1.86. The van der Waals surface area contributed by atoms with Crippen molar-refractivity contribution in [3.63, 3.8) is 0 Å². The average Bonchev–Trinajstić information content (AvgIpc) is 2.37. The van der Waals surface area contributed by atoms with E-state index < -0.39 is 0 Å². The highest BCUT2D eigenvalue weighted by Gasteiger charge is 2.43. The molecule has 0 radical (unpaired) electrons. The summed E-state index contributed by atoms with van der Waals surface area (Å²) in [5.74, 6) is 0.597. The van der Waals surface area contributed by atoms with Crippen LogP contribution in [0.4, 0.5) is 0 Å². The van der Waals surface area contributed by atoms with E-state index in [-0.39, 0.29) is 17.6 Å². The van der Waals surface area contributed by atoms with Crippen molar-refractivity contribution in [2.24, 2.45) is 0 Å². The standard InChI is InChI=1S/C13H15Cl3O3/c1-17-4-5-18-13-10(16)7-12(13)19-11-3-2-8(14)6-9(11)15/h2-3,6,10,12-13H,4-5,7H2,1H3. The third-order valence-corrected chi connectivity index (χ3v) is 3.91. The van der Waals surface area contributed by atoms with Crippen molar-refractivity contribution >= 4 is 34.8 Å². The molecule has 106 valence electrons. The quantitative estimate of drug-likeness (QED) is 0.588. The number of halogens is 3. The summed E-state index contributed by atoms with van der Waals surface area (Å²) < 4.78 is 16.4. The van der Waals surface area contributed by atoms with E-state index in [1.165, 1.54) is 0 Å². The van der Waals surface area contributed by atoms with Crippen molar-refractivity contribution in [1.29, 1.82) is 0 Å². The molecular formula is C13H15Cl3O3. The first-order chi connectivity index (χ1) is 9.11. The molecule has 0 amide bonds. The number of rotatable bonds is 6. The van der Waals surface area contributed by atoms with E-state index in [4.69, 9.17) is 49.0 Å². The van der Waals surface area contributed by atoms with Gasteiger partial charge in [-0.25, -0.2) is 0 Å². The first-order valence-electron chi connectivity index (χ1n) is 5.98. The largest absolute Gasteiger partial charge is 0.486 e. The first kappa shape index (κ1) is 15.2. The summed E-state index contributed by atoms with van der Waals surface area (Å²) in [5.41, 5.74) is 0. The Labute approximate surface area is 127 Å². The van der Waals surface area contributed by atoms with E-state index in [9.17, 15) is 0 Å². The van der Waals surface area contributed by atoms with Gasteiger partial charge in [-0.3, -0.25) is 0 Å². The van der Waals surface area contributed by atoms with E-state index >= 15 is 0 Å². The summed E-state index contributed by atoms with van der Waals surface area (Å²) in [4.78, 5) is 0. The summed E-state index contributed by atoms with van der Waals surface area (Å²) >= 11 is 18.0. The number of alkyl halides is 1. The fourth-order valence-corrected chi connectivity index (χ4v) is 2.72. The molecule has 2 rings (SSSR count). The second-order valence-electron chi connectivity index (χ2n) is 4.31. The summed E-state index contributed by atoms with van der Waals surface area (Å²) in [7, 11) is 1.63. The lowest BCUT2D eigenvalue weighted by atomic mass is 9.91. The Hall–Kier alpha value is -0.190. The minimum Gasteiger partial charge on any atom is -0.486 e. The summed E-state index contributed by atoms with van der Waals surface area (Å²) in [6.07, 6.45) is 0.514. The van der Waals surface area contributed by atoms with Crippen LogP contribution in [0.25, 0.3) is 0 Å². The van der Waals surface area contributed by atoms with E-state index in [0.29, 0.717) is 29.0 Å². The Bertz CT molecular complexity index is 428. The monoisotopic (exact) mass is 324 g/mol. The van der Waals surface area contributed by atoms with E-state index in [1.54, 1.807) is 25.3 Å². The molecule has 1 fully saturated rings. The van der Waals surface area contributed by atoms with Crippen LogP contribution in [0.3, 0.4) is 0 Å². The second kappa shape index (κ2) is 7.00. The zero-order valence-corrected chi connectivity index (χ0v) is 12.7. The van der Waals surface area contributed by atoms with Crippen molar-refractivity contribution in [2.75, 3.05) is 20.3 Å². The van der Waals surface area contributed by atoms with Gasteiger partial charge in [-0.15, -0.1) is 11.6 Å². The molecule has 0 N–H and O–H groups in total. The van der Waals surface area contributed by atoms with Crippen molar-refractivity contribution in [3.8, 4) is 5.75 Å². The van der Waals surface area contributed by atoms with Crippen LogP contribution < -0.4 is 4.74 Å². The Morgan fingerprint density at radius 3 is 2.68 bits per heavy atom. The van der Waals surface area contributed by atoms with Crippen LogP contribution in [0.1, 0.15) is 6.42 Å². The number of methoxy groups -OCH3 is 1. The summed E-state index contributed by atoms with van der Waals surface area (Å²) in [6.45, 7) is 1.03. The Balaban J connectivity index is 1.91. The van der Waals surface area contributed by atoms with Crippen LogP contribution in [-0.2, 0) is 9.47 Å². The van der Waals surface area contributed by atoms with Gasteiger partial charge in [0.25, 0.3) is 0 Å². The molecule has 3 unspecified atom stereocenters. The van der Waals surface area contributed by atoms with Crippen LogP contribution in [0.15, 0.2) is 18.2 Å². The molecule has 1 aromatic rings. The van der Waals surface area contributed by atoms with E-state index in [0.717, 1.165) is 6.42 Å². The zero-order chi connectivity index (χ0) is 13.8. The highest BCUT2D eigenvalue weighted by atomic mass is 35.5. The molecule has 0 bridgehead atoms. The maximum absolute atomic E-state index is 6.12. The molecule has 0 aromatic heterocycles. The van der Waals surface area contributed by atoms with Crippen LogP contribution in [0.2, 0.25) is 10.0 Å². The molecule has 0 heterocycles. The molecule has 3 nitrogen and oxygen atoms in total. The number of ether oxygens (including phenoxy) is 3. The predicted octanol–water partition coefficient (Wildman–Crippen LogP) is 3.78. The lowest BCUT2D eigenvalue weighted by Crippen LogP contribution is -2.53. The highest BCUT2D eigenvalue weighted by Crippen LogP contribution is 2.36. The molecule has 1 aromatic carbocycles. The maximum atomic E-state index is 6.12. The van der Waals surface area contributed by atoms with Gasteiger partial charge in [0.1, 0.15) is 18.0 Å². The molecule has 19 heavy (non-hydrogen) atoms. The molecule has 0 saturated heterocycles. The van der Waals surface area contributed by atoms with Gasteiger partial charge in [-0.1, -0.05) is 23.2 Å². The van der Waals surface area contributed by atoms with Crippen molar-refractivity contribution < 1.29 is 14.2 Å². The molecule has 6 heteroatoms. The van der Waals surface area contributed by atoms with Gasteiger partial charge in [0.05, 0.1) is 23.6 Å². The van der Waals surface area contributed by atoms with E-state index in [1.807, 2.05) is 0 Å². The zero-order valence-electron chi connectivity index (χ0n) is 10.4. The third kappa shape index (κ3) is 3.89. The molecule has 1 saturated carbocycles. The topological polar surface area (TPSA) is 27.7 Å². The van der Waals surface area contributed by atoms with Gasteiger partial charge in [0.2, 0.25) is 0 Å². The lowest BCUT2D eigenvalue weighted by molar-refractivity contribution is -0.0898. The lowest BCUT2D eigenvalue weighted by Gasteiger charge is -2.40. The van der Waals surface area contributed by atoms with Gasteiger partial charge < -0.3 is 14.2 Å². The molecule has 1 aliphatic carbocycles. The van der Waals surface area contributed by atoms with Crippen molar-refractivity contribution in [1.82, 2.24) is 0 Å². The molecule has 0 spiro atoms. The van der Waals surface area contributed by atoms with Crippen LogP contribution in [-0.4, -0.2) is 37.9 Å².